The molecule has 5 heteroatoms. The highest BCUT2D eigenvalue weighted by atomic mass is 16.5. The van der Waals surface area contributed by atoms with Crippen LogP contribution in [0.5, 0.6) is 11.5 Å². The quantitative estimate of drug-likeness (QED) is 0.399. The Hall–Kier alpha value is -3.73. The summed E-state index contributed by atoms with van der Waals surface area (Å²) in [6.45, 7) is 4.01. The van der Waals surface area contributed by atoms with Crippen LogP contribution in [0.1, 0.15) is 36.4 Å². The molecule has 30 heavy (non-hydrogen) atoms. The molecule has 0 saturated carbocycles. The van der Waals surface area contributed by atoms with Gasteiger partial charge in [0.05, 0.1) is 24.6 Å². The molecule has 2 N–H and O–H groups in total. The number of nitrogens with zero attached hydrogens (tertiary/aromatic N) is 1. The predicted molar refractivity (Wildman–Crippen MR) is 124 cm³/mol. The first kappa shape index (κ1) is 19.6. The van der Waals surface area contributed by atoms with Gasteiger partial charge in [0, 0.05) is 23.3 Å². The molecule has 4 rings (SSSR count). The molecule has 4 aromatic rings. The highest BCUT2D eigenvalue weighted by molar-refractivity contribution is 5.83. The second-order valence-corrected chi connectivity index (χ2v) is 7.31. The smallest absolute Gasteiger partial charge is 0.129 e. The van der Waals surface area contributed by atoms with Crippen LogP contribution < -0.4 is 9.47 Å². The Morgan fingerprint density at radius 3 is 2.67 bits per heavy atom. The van der Waals surface area contributed by atoms with Crippen LogP contribution in [0.15, 0.2) is 54.7 Å². The molecule has 2 heterocycles. The van der Waals surface area contributed by atoms with Gasteiger partial charge in [0.2, 0.25) is 0 Å². The summed E-state index contributed by atoms with van der Waals surface area (Å²) >= 11 is 0. The second kappa shape index (κ2) is 8.74. The van der Waals surface area contributed by atoms with Gasteiger partial charge in [-0.15, -0.1) is 0 Å². The van der Waals surface area contributed by atoms with Crippen LogP contribution in [0.4, 0.5) is 0 Å². The molecule has 152 valence electrons. The molecule has 0 atom stereocenters. The van der Waals surface area contributed by atoms with Crippen LogP contribution in [-0.4, -0.2) is 28.4 Å². The summed E-state index contributed by atoms with van der Waals surface area (Å²) in [6.07, 6.45) is 10.1. The van der Waals surface area contributed by atoms with Crippen LogP contribution in [-0.2, 0) is 0 Å². The standard InChI is InChI=1S/C25H25N3O2/c1-17(2)30-23-11-8-20(25(16-23)29-3)7-10-22-15-21(27-28-22)9-5-18-4-6-19-12-13-26-24(19)14-18/h4-17,26H,1-3H3,(H,27,28). The number of rotatable bonds is 7. The average Bonchev–Trinajstić information content (AvgIpc) is 3.39. The number of H-pyrrole nitrogens is 2. The van der Waals surface area contributed by atoms with E-state index in [1.54, 1.807) is 7.11 Å². The van der Waals surface area contributed by atoms with Gasteiger partial charge in [0.25, 0.3) is 0 Å². The lowest BCUT2D eigenvalue weighted by Crippen LogP contribution is -2.05. The molecule has 0 radical (unpaired) electrons. The summed E-state index contributed by atoms with van der Waals surface area (Å²) in [4.78, 5) is 3.23. The predicted octanol–water partition coefficient (Wildman–Crippen LogP) is 6.03. The largest absolute Gasteiger partial charge is 0.496 e. The third kappa shape index (κ3) is 4.63. The Labute approximate surface area is 176 Å². The van der Waals surface area contributed by atoms with Crippen molar-refractivity contribution in [2.75, 3.05) is 7.11 Å². The molecule has 0 aliphatic heterocycles. The number of aromatic amines is 2. The number of ether oxygens (including phenoxy) is 2. The van der Waals surface area contributed by atoms with Gasteiger partial charge in [-0.25, -0.2) is 0 Å². The van der Waals surface area contributed by atoms with Crippen molar-refractivity contribution in [3.63, 3.8) is 0 Å². The molecule has 0 aliphatic rings. The van der Waals surface area contributed by atoms with E-state index in [4.69, 9.17) is 9.47 Å². The van der Waals surface area contributed by atoms with Gasteiger partial charge < -0.3 is 14.5 Å². The van der Waals surface area contributed by atoms with Crippen molar-refractivity contribution in [2.24, 2.45) is 0 Å². The summed E-state index contributed by atoms with van der Waals surface area (Å²) in [5.74, 6) is 1.56. The number of hydrogen-bond acceptors (Lipinski definition) is 3. The van der Waals surface area contributed by atoms with Gasteiger partial charge in [-0.3, -0.25) is 5.10 Å². The highest BCUT2D eigenvalue weighted by Crippen LogP contribution is 2.27. The average molecular weight is 399 g/mol. The minimum absolute atomic E-state index is 0.123. The van der Waals surface area contributed by atoms with Crippen molar-refractivity contribution in [3.8, 4) is 11.5 Å². The summed E-state index contributed by atoms with van der Waals surface area (Å²) < 4.78 is 11.2. The van der Waals surface area contributed by atoms with Gasteiger partial charge in [-0.05, 0) is 73.4 Å². The zero-order valence-corrected chi connectivity index (χ0v) is 17.3. The summed E-state index contributed by atoms with van der Waals surface area (Å²) in [7, 11) is 1.66. The zero-order valence-electron chi connectivity index (χ0n) is 17.3. The molecule has 5 nitrogen and oxygen atoms in total. The Morgan fingerprint density at radius 2 is 1.83 bits per heavy atom. The molecule has 0 unspecified atom stereocenters. The van der Waals surface area contributed by atoms with Crippen LogP contribution in [0, 0.1) is 0 Å². The third-order valence-electron chi connectivity index (χ3n) is 4.66. The van der Waals surface area contributed by atoms with Gasteiger partial charge in [-0.1, -0.05) is 18.2 Å². The molecule has 0 amide bonds. The number of nitrogens with one attached hydrogen (secondary N) is 2. The molecular weight excluding hydrogens is 374 g/mol. The lowest BCUT2D eigenvalue weighted by molar-refractivity contribution is 0.241. The molecule has 0 aliphatic carbocycles. The van der Waals surface area contributed by atoms with Gasteiger partial charge in [0.1, 0.15) is 11.5 Å². The number of benzene rings is 2. The SMILES string of the molecule is COc1cc(OC(C)C)ccc1C=Cc1cc(C=Cc2ccc3cc[nH]c3c2)n[nH]1. The maximum atomic E-state index is 5.73. The van der Waals surface area contributed by atoms with E-state index in [0.717, 1.165) is 39.5 Å². The van der Waals surface area contributed by atoms with E-state index >= 15 is 0 Å². The maximum Gasteiger partial charge on any atom is 0.129 e. The topological polar surface area (TPSA) is 62.9 Å². The number of fused-ring (bicyclic) bond motifs is 1. The fourth-order valence-electron chi connectivity index (χ4n) is 3.23. The van der Waals surface area contributed by atoms with Gasteiger partial charge in [-0.2, -0.15) is 5.10 Å². The fourth-order valence-corrected chi connectivity index (χ4v) is 3.23. The first-order valence-electron chi connectivity index (χ1n) is 9.94. The van der Waals surface area contributed by atoms with Crippen molar-refractivity contribution in [2.45, 2.75) is 20.0 Å². The lowest BCUT2D eigenvalue weighted by atomic mass is 10.1. The van der Waals surface area contributed by atoms with E-state index in [2.05, 4.69) is 45.5 Å². The van der Waals surface area contributed by atoms with Crippen LogP contribution in [0.2, 0.25) is 0 Å². The number of hydrogen-bond donors (Lipinski definition) is 2. The number of methoxy groups -OCH3 is 1. The first-order valence-corrected chi connectivity index (χ1v) is 9.94. The van der Waals surface area contributed by atoms with Crippen molar-refractivity contribution < 1.29 is 9.47 Å². The molecule has 0 fully saturated rings. The second-order valence-electron chi connectivity index (χ2n) is 7.31. The van der Waals surface area contributed by atoms with Gasteiger partial charge in [0.15, 0.2) is 0 Å². The summed E-state index contributed by atoms with van der Waals surface area (Å²) in [5, 5.41) is 8.62. The van der Waals surface area contributed by atoms with Crippen LogP contribution in [0.25, 0.3) is 35.2 Å². The molecule has 0 bridgehead atoms. The molecule has 2 aromatic carbocycles. The van der Waals surface area contributed by atoms with Crippen molar-refractivity contribution in [1.82, 2.24) is 15.2 Å². The van der Waals surface area contributed by atoms with E-state index in [9.17, 15) is 0 Å². The van der Waals surface area contributed by atoms with Gasteiger partial charge >= 0.3 is 0 Å². The summed E-state index contributed by atoms with van der Waals surface area (Å²) in [6, 6.07) is 16.2. The Kier molecular flexibility index (Phi) is 5.70. The van der Waals surface area contributed by atoms with E-state index in [-0.39, 0.29) is 6.10 Å². The van der Waals surface area contributed by atoms with Crippen molar-refractivity contribution >= 4 is 35.2 Å². The number of aromatic nitrogens is 3. The lowest BCUT2D eigenvalue weighted by Gasteiger charge is -2.12. The Morgan fingerprint density at radius 1 is 0.933 bits per heavy atom. The minimum Gasteiger partial charge on any atom is -0.496 e. The van der Waals surface area contributed by atoms with E-state index < -0.39 is 0 Å². The van der Waals surface area contributed by atoms with E-state index in [0.29, 0.717) is 0 Å². The molecule has 2 aromatic heterocycles. The van der Waals surface area contributed by atoms with E-state index in [1.165, 1.54) is 5.39 Å². The van der Waals surface area contributed by atoms with Crippen molar-refractivity contribution in [3.05, 3.63) is 77.2 Å². The highest BCUT2D eigenvalue weighted by Gasteiger charge is 2.05. The van der Waals surface area contributed by atoms with Crippen molar-refractivity contribution in [1.29, 1.82) is 0 Å². The molecule has 0 spiro atoms. The van der Waals surface area contributed by atoms with Crippen LogP contribution >= 0.6 is 0 Å². The normalized spacial score (nSPS) is 11.9. The van der Waals surface area contributed by atoms with E-state index in [1.807, 2.05) is 62.5 Å². The van der Waals surface area contributed by atoms with Crippen LogP contribution in [0.3, 0.4) is 0 Å². The Bertz CT molecular complexity index is 1200. The summed E-state index contributed by atoms with van der Waals surface area (Å²) in [5.41, 5.74) is 5.01. The third-order valence-corrected chi connectivity index (χ3v) is 4.66. The minimum atomic E-state index is 0.123. The molecular formula is C25H25N3O2. The molecule has 0 saturated heterocycles. The first-order chi connectivity index (χ1) is 14.6. The Balaban J connectivity index is 1.46. The maximum absolute atomic E-state index is 5.73. The zero-order chi connectivity index (χ0) is 20.9. The monoisotopic (exact) mass is 399 g/mol. The fraction of sp³-hybridized carbons (Fsp3) is 0.160.